The second kappa shape index (κ2) is 56.7. The summed E-state index contributed by atoms with van der Waals surface area (Å²) in [5.41, 5.74) is 0. The zero-order valence-electron chi connectivity index (χ0n) is 50.6. The molecule has 0 aromatic heterocycles. The molecule has 11 nitrogen and oxygen atoms in total. The van der Waals surface area contributed by atoms with Crippen LogP contribution in [0.15, 0.2) is 36.5 Å². The van der Waals surface area contributed by atoms with Gasteiger partial charge in [-0.1, -0.05) is 275 Å². The average molecular weight is 1100 g/mol. The van der Waals surface area contributed by atoms with Gasteiger partial charge in [0.25, 0.3) is 0 Å². The number of hydrogen-bond acceptors (Lipinski definition) is 10. The van der Waals surface area contributed by atoms with E-state index in [0.717, 1.165) is 64.2 Å². The topological polar surface area (TPSA) is 175 Å². The van der Waals surface area contributed by atoms with E-state index in [-0.39, 0.29) is 18.5 Å². The molecule has 11 heteroatoms. The smallest absolute Gasteiger partial charge is 0.305 e. The van der Waals surface area contributed by atoms with Crippen molar-refractivity contribution in [2.24, 2.45) is 0 Å². The van der Waals surface area contributed by atoms with Crippen LogP contribution in [0.3, 0.4) is 0 Å². The zero-order chi connectivity index (χ0) is 56.6. The molecule has 0 saturated carbocycles. The van der Waals surface area contributed by atoms with E-state index < -0.39 is 49.5 Å². The number of allylic oxidation sites excluding steroid dienone is 5. The van der Waals surface area contributed by atoms with E-state index in [2.05, 4.69) is 43.5 Å². The number of rotatable bonds is 58. The van der Waals surface area contributed by atoms with Gasteiger partial charge in [0.1, 0.15) is 24.4 Å². The van der Waals surface area contributed by atoms with E-state index >= 15 is 0 Å². The minimum Gasteiger partial charge on any atom is -0.466 e. The largest absolute Gasteiger partial charge is 0.466 e. The lowest BCUT2D eigenvalue weighted by atomic mass is 9.99. The van der Waals surface area contributed by atoms with Gasteiger partial charge in [-0.05, 0) is 64.2 Å². The molecule has 0 radical (unpaired) electrons. The van der Waals surface area contributed by atoms with E-state index in [1.54, 1.807) is 6.08 Å². The predicted octanol–water partition coefficient (Wildman–Crippen LogP) is 16.2. The molecule has 0 aromatic rings. The highest BCUT2D eigenvalue weighted by Gasteiger charge is 2.44. The molecule has 1 rings (SSSR count). The second-order valence-corrected chi connectivity index (χ2v) is 23.2. The van der Waals surface area contributed by atoms with Gasteiger partial charge in [-0.25, -0.2) is 0 Å². The molecule has 1 fully saturated rings. The van der Waals surface area contributed by atoms with Gasteiger partial charge in [0, 0.05) is 12.8 Å². The minimum atomic E-state index is -1.57. The molecule has 6 N–H and O–H groups in total. The molecule has 0 aromatic carbocycles. The fraction of sp³-hybridized carbons (Fsp3) is 0.881. The summed E-state index contributed by atoms with van der Waals surface area (Å²) in [5, 5.41) is 54.4. The summed E-state index contributed by atoms with van der Waals surface area (Å²) in [4.78, 5) is 25.1. The van der Waals surface area contributed by atoms with E-state index in [0.29, 0.717) is 19.4 Å². The second-order valence-electron chi connectivity index (χ2n) is 23.2. The third-order valence-corrected chi connectivity index (χ3v) is 15.7. The predicted molar refractivity (Wildman–Crippen MR) is 324 cm³/mol. The number of carbonyl (C=O) groups is 2. The van der Waals surface area contributed by atoms with Crippen molar-refractivity contribution in [3.8, 4) is 0 Å². The van der Waals surface area contributed by atoms with E-state index in [1.165, 1.54) is 225 Å². The van der Waals surface area contributed by atoms with Gasteiger partial charge in [-0.15, -0.1) is 0 Å². The Hall–Kier alpha value is -2.12. The van der Waals surface area contributed by atoms with Crippen LogP contribution in [0.5, 0.6) is 0 Å². The number of ether oxygens (including phenoxy) is 3. The molecule has 0 aliphatic carbocycles. The zero-order valence-corrected chi connectivity index (χ0v) is 50.6. The first kappa shape index (κ1) is 73.9. The fourth-order valence-corrected chi connectivity index (χ4v) is 10.5. The SMILES string of the molecule is CCCCCCCCCCCC/C=C/C(O)C(COC1OC(CO)C(O)C(O)C1O)NC(=O)CCCCCCCCCCCCC/C=C\C/C=C\CCCCCCCCCCCOC(=O)CCCCCCCCCCCCC. The summed E-state index contributed by atoms with van der Waals surface area (Å²) >= 11 is 0. The molecule has 78 heavy (non-hydrogen) atoms. The first-order valence-electron chi connectivity index (χ1n) is 33.3. The molecule has 1 heterocycles. The molecule has 7 unspecified atom stereocenters. The van der Waals surface area contributed by atoms with Gasteiger partial charge in [-0.2, -0.15) is 0 Å². The third kappa shape index (κ3) is 45.5. The van der Waals surface area contributed by atoms with Crippen LogP contribution in [-0.2, 0) is 23.8 Å². The van der Waals surface area contributed by atoms with Crippen molar-refractivity contribution in [2.45, 2.75) is 358 Å². The average Bonchev–Trinajstić information content (AvgIpc) is 3.44. The van der Waals surface area contributed by atoms with Gasteiger partial charge in [-0.3, -0.25) is 9.59 Å². The first-order valence-corrected chi connectivity index (χ1v) is 33.3. The Kier molecular flexibility index (Phi) is 53.7. The van der Waals surface area contributed by atoms with Crippen molar-refractivity contribution in [3.05, 3.63) is 36.5 Å². The Labute approximate surface area is 479 Å². The highest BCUT2D eigenvalue weighted by molar-refractivity contribution is 5.76. The number of amides is 1. The number of hydrogen-bond donors (Lipinski definition) is 6. The minimum absolute atomic E-state index is 0.000820. The molecule has 458 valence electrons. The highest BCUT2D eigenvalue weighted by atomic mass is 16.7. The van der Waals surface area contributed by atoms with Gasteiger partial charge < -0.3 is 45.1 Å². The maximum Gasteiger partial charge on any atom is 0.305 e. The Bertz CT molecular complexity index is 1390. The lowest BCUT2D eigenvalue weighted by Crippen LogP contribution is -2.60. The summed E-state index contributed by atoms with van der Waals surface area (Å²) < 4.78 is 16.7. The van der Waals surface area contributed by atoms with Gasteiger partial charge >= 0.3 is 5.97 Å². The van der Waals surface area contributed by atoms with Crippen molar-refractivity contribution >= 4 is 11.9 Å². The standard InChI is InChI=1S/C67H125NO10/c1-3-5-7-9-11-13-15-34-37-41-45-49-53-60(70)59(58-77-67-66(75)65(74)64(73)61(57-69)78-67)68-62(71)54-50-46-42-38-35-31-29-27-25-23-21-19-17-16-18-20-22-24-26-28-30-32-36-40-44-48-52-56-76-63(72)55-51-47-43-39-33-14-12-10-8-6-4-2/h16-17,20,22,49,53,59-61,64-67,69-70,73-75H,3-15,18-19,21,23-48,50-52,54-58H2,1-2H3,(H,68,71)/b17-16-,22-20-,53-49+. The van der Waals surface area contributed by atoms with Gasteiger partial charge in [0.05, 0.1) is 32.0 Å². The lowest BCUT2D eigenvalue weighted by Gasteiger charge is -2.40. The lowest BCUT2D eigenvalue weighted by molar-refractivity contribution is -0.302. The first-order chi connectivity index (χ1) is 38.2. The Morgan fingerprint density at radius 1 is 0.474 bits per heavy atom. The quantitative estimate of drug-likeness (QED) is 0.0195. The molecule has 1 aliphatic rings. The van der Waals surface area contributed by atoms with Crippen LogP contribution in [0.1, 0.15) is 316 Å². The summed E-state index contributed by atoms with van der Waals surface area (Å²) in [6.07, 6.45) is 61.1. The third-order valence-electron chi connectivity index (χ3n) is 15.7. The van der Waals surface area contributed by atoms with Gasteiger partial charge in [0.2, 0.25) is 5.91 Å². The molecule has 1 amide bonds. The van der Waals surface area contributed by atoms with Crippen LogP contribution in [0.25, 0.3) is 0 Å². The number of aliphatic hydroxyl groups is 5. The monoisotopic (exact) mass is 1100 g/mol. The van der Waals surface area contributed by atoms with Crippen molar-refractivity contribution in [2.75, 3.05) is 19.8 Å². The van der Waals surface area contributed by atoms with Crippen LogP contribution in [0, 0.1) is 0 Å². The summed E-state index contributed by atoms with van der Waals surface area (Å²) in [6, 6.07) is -0.812. The van der Waals surface area contributed by atoms with Crippen molar-refractivity contribution in [1.29, 1.82) is 0 Å². The molecule has 1 aliphatic heterocycles. The van der Waals surface area contributed by atoms with E-state index in [4.69, 9.17) is 14.2 Å². The number of unbranched alkanes of at least 4 members (excludes halogenated alkanes) is 40. The number of aliphatic hydroxyl groups excluding tert-OH is 5. The fourth-order valence-electron chi connectivity index (χ4n) is 10.5. The number of nitrogens with one attached hydrogen (secondary N) is 1. The Morgan fingerprint density at radius 3 is 1.29 bits per heavy atom. The Morgan fingerprint density at radius 2 is 0.859 bits per heavy atom. The van der Waals surface area contributed by atoms with Crippen molar-refractivity contribution in [3.63, 3.8) is 0 Å². The summed E-state index contributed by atoms with van der Waals surface area (Å²) in [7, 11) is 0. The molecular weight excluding hydrogens is 979 g/mol. The number of esters is 1. The van der Waals surface area contributed by atoms with Crippen LogP contribution >= 0.6 is 0 Å². The summed E-state index contributed by atoms with van der Waals surface area (Å²) in [5.74, 6) is -0.183. The van der Waals surface area contributed by atoms with Crippen molar-refractivity contribution in [1.82, 2.24) is 5.32 Å². The molecule has 0 bridgehead atoms. The van der Waals surface area contributed by atoms with Gasteiger partial charge in [0.15, 0.2) is 6.29 Å². The normalized spacial score (nSPS) is 18.7. The highest BCUT2D eigenvalue weighted by Crippen LogP contribution is 2.23. The Balaban J connectivity index is 2.02. The summed E-state index contributed by atoms with van der Waals surface area (Å²) in [6.45, 7) is 4.35. The van der Waals surface area contributed by atoms with Crippen LogP contribution < -0.4 is 5.32 Å². The molecule has 7 atom stereocenters. The van der Waals surface area contributed by atoms with Crippen LogP contribution in [0.2, 0.25) is 0 Å². The van der Waals surface area contributed by atoms with Crippen LogP contribution in [0.4, 0.5) is 0 Å². The maximum absolute atomic E-state index is 13.0. The van der Waals surface area contributed by atoms with Crippen molar-refractivity contribution < 1.29 is 49.3 Å². The molecule has 0 spiro atoms. The maximum atomic E-state index is 13.0. The van der Waals surface area contributed by atoms with E-state index in [9.17, 15) is 35.1 Å². The van der Waals surface area contributed by atoms with E-state index in [1.807, 2.05) is 6.08 Å². The number of carbonyl (C=O) groups excluding carboxylic acids is 2. The molecular formula is C67H125NO10. The molecule has 1 saturated heterocycles. The van der Waals surface area contributed by atoms with Crippen LogP contribution in [-0.4, -0.2) is 100 Å².